The van der Waals surface area contributed by atoms with Crippen LogP contribution >= 0.6 is 0 Å². The number of ether oxygens (including phenoxy) is 1. The largest absolute Gasteiger partial charge is 0.407 e. The third-order valence-corrected chi connectivity index (χ3v) is 14.7. The standard InChI is InChI=1S/C43H50O4Si/c1-33(31-47-48(42(3,4)5,38-27-17-9-18-28-38)39-29-19-10-20-30-39)41(45)34(2)40(44)32-46-43(35-21-11-6-12-22-35,36-23-13-7-14-24-36)37-25-15-8-16-26-37/h6-30,33-34,40-41,44-45H,31-32H2,1-5H3/t33-,34-,40-,41-/m0/s1. The van der Waals surface area contributed by atoms with E-state index in [9.17, 15) is 10.2 Å². The van der Waals surface area contributed by atoms with Crippen molar-refractivity contribution in [2.75, 3.05) is 13.2 Å². The Balaban J connectivity index is 1.38. The Morgan fingerprint density at radius 3 is 1.25 bits per heavy atom. The van der Waals surface area contributed by atoms with Crippen molar-refractivity contribution < 1.29 is 19.4 Å². The smallest absolute Gasteiger partial charge is 0.261 e. The zero-order chi connectivity index (χ0) is 34.2. The van der Waals surface area contributed by atoms with Gasteiger partial charge < -0.3 is 19.4 Å². The van der Waals surface area contributed by atoms with E-state index in [1.165, 1.54) is 10.4 Å². The van der Waals surface area contributed by atoms with Crippen molar-refractivity contribution in [2.24, 2.45) is 11.8 Å². The van der Waals surface area contributed by atoms with E-state index < -0.39 is 32.0 Å². The fourth-order valence-electron chi connectivity index (χ4n) is 6.99. The topological polar surface area (TPSA) is 58.9 Å². The molecule has 0 bridgehead atoms. The van der Waals surface area contributed by atoms with Crippen LogP contribution in [0.1, 0.15) is 51.3 Å². The quantitative estimate of drug-likeness (QED) is 0.0955. The molecule has 5 aromatic rings. The van der Waals surface area contributed by atoms with E-state index in [0.717, 1.165) is 16.7 Å². The number of aliphatic hydroxyl groups excluding tert-OH is 2. The average Bonchev–Trinajstić information content (AvgIpc) is 3.13. The Hall–Kier alpha value is -3.84. The van der Waals surface area contributed by atoms with Gasteiger partial charge in [0.05, 0.1) is 18.8 Å². The minimum atomic E-state index is -2.77. The van der Waals surface area contributed by atoms with Gasteiger partial charge in [0.25, 0.3) is 8.32 Å². The van der Waals surface area contributed by atoms with Crippen LogP contribution in [0.4, 0.5) is 0 Å². The highest BCUT2D eigenvalue weighted by Crippen LogP contribution is 2.41. The van der Waals surface area contributed by atoms with Crippen molar-refractivity contribution in [3.05, 3.63) is 168 Å². The third-order valence-electron chi connectivity index (χ3n) is 9.72. The summed E-state index contributed by atoms with van der Waals surface area (Å²) in [5.74, 6) is -0.707. The van der Waals surface area contributed by atoms with Gasteiger partial charge in [-0.3, -0.25) is 0 Å². The van der Waals surface area contributed by atoms with Gasteiger partial charge in [0.2, 0.25) is 0 Å². The van der Waals surface area contributed by atoms with Crippen molar-refractivity contribution >= 4 is 18.7 Å². The maximum atomic E-state index is 11.7. The van der Waals surface area contributed by atoms with Crippen LogP contribution in [0, 0.1) is 11.8 Å². The lowest BCUT2D eigenvalue weighted by Gasteiger charge is -2.44. The van der Waals surface area contributed by atoms with Gasteiger partial charge in [-0.15, -0.1) is 0 Å². The molecular formula is C43H50O4Si. The van der Waals surface area contributed by atoms with Gasteiger partial charge in [-0.1, -0.05) is 186 Å². The lowest BCUT2D eigenvalue weighted by molar-refractivity contribution is -0.0833. The van der Waals surface area contributed by atoms with Crippen LogP contribution in [0.2, 0.25) is 5.04 Å². The highest BCUT2D eigenvalue weighted by Gasteiger charge is 2.50. The molecule has 0 aliphatic heterocycles. The number of hydrogen-bond acceptors (Lipinski definition) is 4. The lowest BCUT2D eigenvalue weighted by atomic mass is 9.80. The van der Waals surface area contributed by atoms with Crippen LogP contribution < -0.4 is 10.4 Å². The molecule has 0 spiro atoms. The molecule has 2 N–H and O–H groups in total. The van der Waals surface area contributed by atoms with Crippen LogP contribution in [-0.2, 0) is 14.8 Å². The SMILES string of the molecule is C[C@H]([C@@H](O)[C@@H](C)CO[Si](c1ccccc1)(c1ccccc1)C(C)(C)C)[C@@H](O)COC(c1ccccc1)(c1ccccc1)c1ccccc1. The van der Waals surface area contributed by atoms with E-state index >= 15 is 0 Å². The minimum Gasteiger partial charge on any atom is -0.407 e. The molecular weight excluding hydrogens is 609 g/mol. The Kier molecular flexibility index (Phi) is 11.5. The Labute approximate surface area is 288 Å². The molecule has 250 valence electrons. The summed E-state index contributed by atoms with van der Waals surface area (Å²) in [6, 6.07) is 51.5. The van der Waals surface area contributed by atoms with Gasteiger partial charge in [-0.2, -0.15) is 0 Å². The lowest BCUT2D eigenvalue weighted by Crippen LogP contribution is -2.67. The molecule has 5 rings (SSSR count). The monoisotopic (exact) mass is 658 g/mol. The van der Waals surface area contributed by atoms with E-state index in [1.807, 2.05) is 80.6 Å². The van der Waals surface area contributed by atoms with Crippen LogP contribution in [0.5, 0.6) is 0 Å². The maximum absolute atomic E-state index is 11.7. The van der Waals surface area contributed by atoms with Crippen LogP contribution in [0.25, 0.3) is 0 Å². The fraction of sp³-hybridized carbons (Fsp3) is 0.302. The van der Waals surface area contributed by atoms with Gasteiger partial charge >= 0.3 is 0 Å². The molecule has 0 fully saturated rings. The normalized spacial score (nSPS) is 15.0. The zero-order valence-electron chi connectivity index (χ0n) is 28.9. The number of benzene rings is 5. The summed E-state index contributed by atoms with van der Waals surface area (Å²) in [4.78, 5) is 0. The second-order valence-electron chi connectivity index (χ2n) is 14.0. The van der Waals surface area contributed by atoms with Gasteiger partial charge in [0, 0.05) is 18.4 Å². The van der Waals surface area contributed by atoms with Crippen molar-refractivity contribution in [3.8, 4) is 0 Å². The van der Waals surface area contributed by atoms with Gasteiger partial charge in [0.15, 0.2) is 0 Å². The first-order chi connectivity index (χ1) is 23.1. The second kappa shape index (κ2) is 15.6. The number of rotatable bonds is 14. The predicted molar refractivity (Wildman–Crippen MR) is 199 cm³/mol. The maximum Gasteiger partial charge on any atom is 0.261 e. The summed E-state index contributed by atoms with van der Waals surface area (Å²) in [5.41, 5.74) is 1.95. The Bertz CT molecular complexity index is 1520. The fourth-order valence-corrected chi connectivity index (χ4v) is 11.7. The summed E-state index contributed by atoms with van der Waals surface area (Å²) >= 11 is 0. The van der Waals surface area contributed by atoms with E-state index in [0.29, 0.717) is 6.61 Å². The molecule has 0 radical (unpaired) electrons. The average molecular weight is 659 g/mol. The van der Waals surface area contributed by atoms with Gasteiger partial charge in [0.1, 0.15) is 5.60 Å². The first kappa shape index (κ1) is 35.5. The Morgan fingerprint density at radius 1 is 0.542 bits per heavy atom. The molecule has 0 unspecified atom stereocenters. The molecule has 5 aromatic carbocycles. The highest BCUT2D eigenvalue weighted by atomic mass is 28.4. The van der Waals surface area contributed by atoms with E-state index in [-0.39, 0.29) is 17.6 Å². The molecule has 0 amide bonds. The van der Waals surface area contributed by atoms with Crippen molar-refractivity contribution in [3.63, 3.8) is 0 Å². The molecule has 0 saturated carbocycles. The zero-order valence-corrected chi connectivity index (χ0v) is 29.9. The van der Waals surface area contributed by atoms with Crippen molar-refractivity contribution in [1.29, 1.82) is 0 Å². The molecule has 0 saturated heterocycles. The summed E-state index contributed by atoms with van der Waals surface area (Å²) in [7, 11) is -2.77. The van der Waals surface area contributed by atoms with Gasteiger partial charge in [-0.05, 0) is 32.1 Å². The molecule has 0 aromatic heterocycles. The van der Waals surface area contributed by atoms with Crippen LogP contribution in [-0.4, -0.2) is 44.0 Å². The summed E-state index contributed by atoms with van der Waals surface area (Å²) in [6.45, 7) is 11.0. The van der Waals surface area contributed by atoms with Gasteiger partial charge in [-0.25, -0.2) is 0 Å². The first-order valence-corrected chi connectivity index (χ1v) is 18.9. The molecule has 0 aliphatic rings. The first-order valence-electron chi connectivity index (χ1n) is 17.0. The minimum absolute atomic E-state index is 0.0270. The van der Waals surface area contributed by atoms with Crippen LogP contribution in [0.3, 0.4) is 0 Å². The molecule has 48 heavy (non-hydrogen) atoms. The molecule has 4 atom stereocenters. The second-order valence-corrected chi connectivity index (χ2v) is 18.3. The van der Waals surface area contributed by atoms with Crippen LogP contribution in [0.15, 0.2) is 152 Å². The summed E-state index contributed by atoms with van der Waals surface area (Å²) < 4.78 is 14.0. The summed E-state index contributed by atoms with van der Waals surface area (Å²) in [6.07, 6.45) is -1.74. The highest BCUT2D eigenvalue weighted by molar-refractivity contribution is 6.99. The summed E-state index contributed by atoms with van der Waals surface area (Å²) in [5, 5.41) is 25.6. The molecule has 0 aliphatic carbocycles. The van der Waals surface area contributed by atoms with E-state index in [4.69, 9.17) is 9.16 Å². The third kappa shape index (κ3) is 7.26. The molecule has 5 heteroatoms. The molecule has 0 heterocycles. The Morgan fingerprint density at radius 2 is 0.896 bits per heavy atom. The van der Waals surface area contributed by atoms with Crippen molar-refractivity contribution in [2.45, 2.75) is 57.5 Å². The predicted octanol–water partition coefficient (Wildman–Crippen LogP) is 7.57. The number of aliphatic hydroxyl groups is 2. The molecule has 4 nitrogen and oxygen atoms in total. The number of hydrogen-bond donors (Lipinski definition) is 2. The van der Waals surface area contributed by atoms with Crippen molar-refractivity contribution in [1.82, 2.24) is 0 Å². The van der Waals surface area contributed by atoms with E-state index in [1.54, 1.807) is 0 Å². The van der Waals surface area contributed by atoms with E-state index in [2.05, 4.69) is 106 Å².